The van der Waals surface area contributed by atoms with E-state index in [2.05, 4.69) is 36.1 Å². The van der Waals surface area contributed by atoms with Crippen molar-refractivity contribution in [3.8, 4) is 28.3 Å². The number of carboxylic acids is 1. The van der Waals surface area contributed by atoms with E-state index in [1.807, 2.05) is 6.07 Å². The van der Waals surface area contributed by atoms with Gasteiger partial charge >= 0.3 is 5.97 Å². The lowest BCUT2D eigenvalue weighted by atomic mass is 9.95. The smallest absolute Gasteiger partial charge is 0.326 e. The van der Waals surface area contributed by atoms with Crippen molar-refractivity contribution in [1.82, 2.24) is 20.2 Å². The quantitative estimate of drug-likeness (QED) is 0.190. The molecule has 0 saturated carbocycles. The van der Waals surface area contributed by atoms with Gasteiger partial charge in [0.25, 0.3) is 5.91 Å². The molecule has 11 heteroatoms. The second-order valence-electron chi connectivity index (χ2n) is 13.2. The van der Waals surface area contributed by atoms with Crippen LogP contribution in [-0.2, 0) is 21.4 Å². The van der Waals surface area contributed by atoms with E-state index in [0.717, 1.165) is 16.5 Å². The molecule has 0 saturated heterocycles. The highest BCUT2D eigenvalue weighted by Crippen LogP contribution is 2.30. The molecule has 2 amide bonds. The summed E-state index contributed by atoms with van der Waals surface area (Å²) in [6, 6.07) is 12.5. The van der Waals surface area contributed by atoms with Crippen molar-refractivity contribution in [2.45, 2.75) is 77.9 Å². The number of amides is 2. The first-order chi connectivity index (χ1) is 21.5. The predicted octanol–water partition coefficient (Wildman–Crippen LogP) is 6.46. The lowest BCUT2D eigenvalue weighted by molar-refractivity contribution is -0.155. The third kappa shape index (κ3) is 7.95. The molecule has 2 atom stereocenters. The molecule has 0 aliphatic carbocycles. The van der Waals surface area contributed by atoms with Crippen LogP contribution in [0.15, 0.2) is 67.0 Å². The Labute approximate surface area is 272 Å². The monoisotopic (exact) mass is 646 g/mol. The predicted molar refractivity (Wildman–Crippen MR) is 176 cm³/mol. The molecule has 0 aliphatic rings. The van der Waals surface area contributed by atoms with Gasteiger partial charge < -0.3 is 20.4 Å². The van der Waals surface area contributed by atoms with Crippen molar-refractivity contribution in [2.75, 3.05) is 0 Å². The number of nitrogens with zero attached hydrogens (tertiary/aromatic N) is 3. The number of halogens is 1. The largest absolute Gasteiger partial charge is 0.508 e. The van der Waals surface area contributed by atoms with Crippen LogP contribution in [0.1, 0.15) is 68.6 Å². The Morgan fingerprint density at radius 2 is 1.57 bits per heavy atom. The van der Waals surface area contributed by atoms with E-state index in [0.29, 0.717) is 21.8 Å². The van der Waals surface area contributed by atoms with Crippen molar-refractivity contribution in [1.29, 1.82) is 0 Å². The summed E-state index contributed by atoms with van der Waals surface area (Å²) in [5.74, 6) is -2.43. The summed E-state index contributed by atoms with van der Waals surface area (Å²) in [5.41, 5.74) is 1.13. The summed E-state index contributed by atoms with van der Waals surface area (Å²) in [7, 11) is 0. The van der Waals surface area contributed by atoms with Crippen molar-refractivity contribution in [3.63, 3.8) is 0 Å². The summed E-state index contributed by atoms with van der Waals surface area (Å²) in [6.07, 6.45) is 3.10. The van der Waals surface area contributed by atoms with Gasteiger partial charge in [-0.2, -0.15) is 0 Å². The number of carboxylic acid groups (broad SMARTS) is 1. The maximum atomic E-state index is 14.3. The van der Waals surface area contributed by atoms with Crippen LogP contribution in [0.2, 0.25) is 0 Å². The summed E-state index contributed by atoms with van der Waals surface area (Å²) >= 11 is 1.36. The number of hydrogen-bond acceptors (Lipinski definition) is 7. The SMILES string of the molecule is C[C@H](C(=O)O)N(C(=O)[C@H](Cc1ccc(-c2ncc(-c3ccc(O)cc3F)cn2)cc1)NC(=O)c1ccc(C(C)(C)C)s1)C(C)(C)C. The number of phenols is 1. The van der Waals surface area contributed by atoms with Crippen LogP contribution >= 0.6 is 11.3 Å². The number of aliphatic carboxylic acids is 1. The number of nitrogens with one attached hydrogen (secondary N) is 1. The van der Waals surface area contributed by atoms with Gasteiger partial charge in [0.05, 0.1) is 4.88 Å². The second kappa shape index (κ2) is 13.4. The fourth-order valence-electron chi connectivity index (χ4n) is 5.05. The van der Waals surface area contributed by atoms with Crippen LogP contribution in [0, 0.1) is 5.82 Å². The molecule has 242 valence electrons. The summed E-state index contributed by atoms with van der Waals surface area (Å²) in [4.78, 5) is 51.0. The van der Waals surface area contributed by atoms with Crippen LogP contribution in [0.3, 0.4) is 0 Å². The Kier molecular flexibility index (Phi) is 9.96. The second-order valence-corrected chi connectivity index (χ2v) is 14.3. The first-order valence-corrected chi connectivity index (χ1v) is 15.6. The highest BCUT2D eigenvalue weighted by molar-refractivity contribution is 7.14. The van der Waals surface area contributed by atoms with Crippen molar-refractivity contribution >= 4 is 29.1 Å². The summed E-state index contributed by atoms with van der Waals surface area (Å²) in [5, 5.41) is 22.2. The number of benzene rings is 2. The molecule has 2 aromatic carbocycles. The Morgan fingerprint density at radius 3 is 2.09 bits per heavy atom. The fourth-order valence-corrected chi connectivity index (χ4v) is 6.02. The lowest BCUT2D eigenvalue weighted by Crippen LogP contribution is -2.60. The normalized spacial score (nSPS) is 13.1. The maximum absolute atomic E-state index is 14.3. The third-order valence-corrected chi connectivity index (χ3v) is 8.95. The van der Waals surface area contributed by atoms with Crippen molar-refractivity contribution < 1.29 is 29.0 Å². The number of phenolic OH excluding ortho intramolecular Hbond substituents is 1. The van der Waals surface area contributed by atoms with Crippen LogP contribution in [0.25, 0.3) is 22.5 Å². The molecule has 9 nitrogen and oxygen atoms in total. The minimum Gasteiger partial charge on any atom is -0.508 e. The number of aromatic hydroxyl groups is 1. The Balaban J connectivity index is 1.60. The topological polar surface area (TPSA) is 133 Å². The number of thiophene rings is 1. The van der Waals surface area contributed by atoms with Gasteiger partial charge in [-0.3, -0.25) is 9.59 Å². The third-order valence-electron chi connectivity index (χ3n) is 7.44. The fraction of sp³-hybridized carbons (Fsp3) is 0.343. The molecule has 3 N–H and O–H groups in total. The molecule has 0 radical (unpaired) electrons. The zero-order valence-corrected chi connectivity index (χ0v) is 27.8. The van der Waals surface area contributed by atoms with E-state index in [1.54, 1.807) is 51.1 Å². The number of aromatic nitrogens is 2. The summed E-state index contributed by atoms with van der Waals surface area (Å²) < 4.78 is 14.3. The Bertz CT molecular complexity index is 1720. The maximum Gasteiger partial charge on any atom is 0.326 e. The zero-order chi connectivity index (χ0) is 34.0. The van der Waals surface area contributed by atoms with Gasteiger partial charge in [0, 0.05) is 52.0 Å². The van der Waals surface area contributed by atoms with E-state index in [-0.39, 0.29) is 23.1 Å². The molecule has 0 spiro atoms. The van der Waals surface area contributed by atoms with Crippen LogP contribution < -0.4 is 5.32 Å². The van der Waals surface area contributed by atoms with E-state index in [1.165, 1.54) is 47.7 Å². The summed E-state index contributed by atoms with van der Waals surface area (Å²) in [6.45, 7) is 12.9. The molecular weight excluding hydrogens is 607 g/mol. The number of carbonyl (C=O) groups excluding carboxylic acids is 2. The molecule has 0 fully saturated rings. The van der Waals surface area contributed by atoms with Gasteiger partial charge in [0.2, 0.25) is 5.91 Å². The average Bonchev–Trinajstić information content (AvgIpc) is 3.48. The molecule has 4 aromatic rings. The average molecular weight is 647 g/mol. The lowest BCUT2D eigenvalue weighted by Gasteiger charge is -2.40. The van der Waals surface area contributed by atoms with Crippen LogP contribution in [0.4, 0.5) is 4.39 Å². The van der Waals surface area contributed by atoms with E-state index in [4.69, 9.17) is 0 Å². The first kappa shape index (κ1) is 34.2. The molecule has 2 aromatic heterocycles. The van der Waals surface area contributed by atoms with Gasteiger partial charge in [-0.15, -0.1) is 11.3 Å². The van der Waals surface area contributed by atoms with Crippen molar-refractivity contribution in [2.24, 2.45) is 0 Å². The minimum atomic E-state index is -1.15. The van der Waals surface area contributed by atoms with Crippen molar-refractivity contribution in [3.05, 3.63) is 88.1 Å². The van der Waals surface area contributed by atoms with Crippen LogP contribution in [0.5, 0.6) is 5.75 Å². The molecule has 0 unspecified atom stereocenters. The number of carbonyl (C=O) groups is 3. The van der Waals surface area contributed by atoms with Gasteiger partial charge in [-0.05, 0) is 62.9 Å². The zero-order valence-electron chi connectivity index (χ0n) is 27.0. The molecule has 4 rings (SSSR count). The van der Waals surface area contributed by atoms with E-state index >= 15 is 0 Å². The minimum absolute atomic E-state index is 0.112. The Morgan fingerprint density at radius 1 is 0.935 bits per heavy atom. The van der Waals surface area contributed by atoms with E-state index < -0.39 is 41.2 Å². The number of rotatable bonds is 9. The first-order valence-electron chi connectivity index (χ1n) is 14.8. The van der Waals surface area contributed by atoms with Gasteiger partial charge in [-0.1, -0.05) is 45.0 Å². The molecule has 2 heterocycles. The highest BCUT2D eigenvalue weighted by Gasteiger charge is 2.39. The van der Waals surface area contributed by atoms with Gasteiger partial charge in [0.15, 0.2) is 5.82 Å². The number of hydrogen-bond donors (Lipinski definition) is 3. The molecular formula is C35H39FN4O5S. The van der Waals surface area contributed by atoms with Gasteiger partial charge in [-0.25, -0.2) is 19.2 Å². The standard InChI is InChI=1S/C35H39FN4O5S/c1-20(33(44)45)40(35(5,6)7)32(43)27(39-31(42)28-14-15-29(46-28)34(2,3)4)16-21-8-10-22(11-9-21)30-37-18-23(19-38-30)25-13-12-24(41)17-26(25)36/h8-15,17-20,27,41H,16H2,1-7H3,(H,39,42)(H,44,45)/t20-,27+/m1/s1. The van der Waals surface area contributed by atoms with E-state index in [9.17, 15) is 29.0 Å². The molecule has 0 bridgehead atoms. The Hall–Kier alpha value is -4.64. The highest BCUT2D eigenvalue weighted by atomic mass is 32.1. The molecule has 0 aliphatic heterocycles. The van der Waals surface area contributed by atoms with Gasteiger partial charge in [0.1, 0.15) is 23.7 Å². The molecule has 46 heavy (non-hydrogen) atoms. The van der Waals surface area contributed by atoms with Crippen LogP contribution in [-0.4, -0.2) is 60.5 Å².